The lowest BCUT2D eigenvalue weighted by Crippen LogP contribution is -2.28. The Morgan fingerprint density at radius 1 is 0.692 bits per heavy atom. The van der Waals surface area contributed by atoms with Crippen LogP contribution in [0.25, 0.3) is 0 Å². The van der Waals surface area contributed by atoms with Crippen LogP contribution >= 0.6 is 0 Å². The maximum Gasteiger partial charge on any atom is 0.223 e. The average molecular weight is 357 g/mol. The third-order valence-corrected chi connectivity index (χ3v) is 3.37. The number of rotatable bonds is 15. The SMILES string of the molecule is CC/C=C\C/C=C\C/C=C\C/C=C\C/C=C\C/C=C\CC(=O)NCCN. The molecule has 26 heavy (non-hydrogen) atoms. The lowest BCUT2D eigenvalue weighted by Gasteiger charge is -1.98. The Balaban J connectivity index is 3.56. The van der Waals surface area contributed by atoms with E-state index in [2.05, 4.69) is 73.0 Å². The topological polar surface area (TPSA) is 55.1 Å². The fraction of sp³-hybridized carbons (Fsp3) is 0.435. The number of carbonyl (C=O) groups is 1. The van der Waals surface area contributed by atoms with E-state index in [9.17, 15) is 4.79 Å². The van der Waals surface area contributed by atoms with Gasteiger partial charge in [0.2, 0.25) is 5.91 Å². The number of carbonyl (C=O) groups excluding carboxylic acids is 1. The van der Waals surface area contributed by atoms with Crippen molar-refractivity contribution in [3.63, 3.8) is 0 Å². The summed E-state index contributed by atoms with van der Waals surface area (Å²) in [7, 11) is 0. The standard InChI is InChI=1S/C23H36N2O/c1-2-3-4-5-6-7-8-9-10-11-12-13-14-15-16-17-18-19-20-23(26)25-22-21-24/h3-4,6-7,9-10,12-13,15-16,18-19H,2,5,8,11,14,17,20-22,24H2,1H3,(H,25,26)/b4-3-,7-6-,10-9-,13-12-,16-15-,19-18-. The van der Waals surface area contributed by atoms with Gasteiger partial charge < -0.3 is 11.1 Å². The Kier molecular flexibility index (Phi) is 19.2. The van der Waals surface area contributed by atoms with Crippen LogP contribution in [0.2, 0.25) is 0 Å². The van der Waals surface area contributed by atoms with E-state index in [0.29, 0.717) is 19.5 Å². The van der Waals surface area contributed by atoms with Crippen LogP contribution in [0.1, 0.15) is 51.9 Å². The van der Waals surface area contributed by atoms with Gasteiger partial charge in [0, 0.05) is 19.5 Å². The van der Waals surface area contributed by atoms with Gasteiger partial charge in [-0.25, -0.2) is 0 Å². The number of amides is 1. The second-order valence-corrected chi connectivity index (χ2v) is 5.76. The van der Waals surface area contributed by atoms with E-state index in [1.807, 2.05) is 12.2 Å². The third kappa shape index (κ3) is 19.9. The van der Waals surface area contributed by atoms with Gasteiger partial charge in [0.1, 0.15) is 0 Å². The summed E-state index contributed by atoms with van der Waals surface area (Å²) in [4.78, 5) is 11.3. The van der Waals surface area contributed by atoms with Gasteiger partial charge in [-0.3, -0.25) is 4.79 Å². The maximum atomic E-state index is 11.3. The Morgan fingerprint density at radius 2 is 1.08 bits per heavy atom. The van der Waals surface area contributed by atoms with Crippen LogP contribution in [-0.2, 0) is 4.79 Å². The third-order valence-electron chi connectivity index (χ3n) is 3.37. The largest absolute Gasteiger partial charge is 0.355 e. The molecular weight excluding hydrogens is 320 g/mol. The van der Waals surface area contributed by atoms with E-state index in [1.54, 1.807) is 0 Å². The normalized spacial score (nSPS) is 12.8. The van der Waals surface area contributed by atoms with Crippen LogP contribution in [0.15, 0.2) is 72.9 Å². The van der Waals surface area contributed by atoms with E-state index >= 15 is 0 Å². The first-order valence-electron chi connectivity index (χ1n) is 9.68. The predicted octanol–water partition coefficient (Wildman–Crippen LogP) is 5.15. The van der Waals surface area contributed by atoms with Crippen LogP contribution < -0.4 is 11.1 Å². The molecule has 0 aliphatic heterocycles. The van der Waals surface area contributed by atoms with Crippen molar-refractivity contribution in [2.24, 2.45) is 5.73 Å². The first kappa shape index (κ1) is 23.9. The molecule has 0 aliphatic rings. The highest BCUT2D eigenvalue weighted by atomic mass is 16.1. The molecule has 0 atom stereocenters. The Hall–Kier alpha value is -2.13. The molecule has 0 saturated carbocycles. The number of nitrogens with two attached hydrogens (primary N) is 1. The second-order valence-electron chi connectivity index (χ2n) is 5.76. The monoisotopic (exact) mass is 356 g/mol. The molecule has 0 unspecified atom stereocenters. The van der Waals surface area contributed by atoms with Gasteiger partial charge >= 0.3 is 0 Å². The molecule has 0 rings (SSSR count). The van der Waals surface area contributed by atoms with E-state index in [4.69, 9.17) is 5.73 Å². The second kappa shape index (κ2) is 20.9. The van der Waals surface area contributed by atoms with Crippen molar-refractivity contribution in [2.45, 2.75) is 51.9 Å². The minimum Gasteiger partial charge on any atom is -0.355 e. The lowest BCUT2D eigenvalue weighted by molar-refractivity contribution is -0.120. The first-order valence-corrected chi connectivity index (χ1v) is 9.68. The molecule has 0 bridgehead atoms. The zero-order valence-corrected chi connectivity index (χ0v) is 16.3. The first-order chi connectivity index (χ1) is 12.8. The molecule has 0 heterocycles. The van der Waals surface area contributed by atoms with Gasteiger partial charge in [0.25, 0.3) is 0 Å². The Bertz CT molecular complexity index is 496. The summed E-state index contributed by atoms with van der Waals surface area (Å²) in [5.74, 6) is 0.0236. The highest BCUT2D eigenvalue weighted by molar-refractivity contribution is 5.77. The summed E-state index contributed by atoms with van der Waals surface area (Å²) in [5.41, 5.74) is 5.32. The molecule has 0 aromatic heterocycles. The Labute approximate surface area is 160 Å². The molecule has 0 radical (unpaired) electrons. The summed E-state index contributed by atoms with van der Waals surface area (Å²) in [6.45, 7) is 3.18. The van der Waals surface area contributed by atoms with Crippen LogP contribution in [0.4, 0.5) is 0 Å². The average Bonchev–Trinajstić information content (AvgIpc) is 2.65. The molecule has 144 valence electrons. The molecule has 0 fully saturated rings. The van der Waals surface area contributed by atoms with E-state index in [0.717, 1.165) is 38.5 Å². The summed E-state index contributed by atoms with van der Waals surface area (Å²) in [6.07, 6.45) is 32.1. The lowest BCUT2D eigenvalue weighted by atomic mass is 10.2. The molecular formula is C23H36N2O. The number of hydrogen-bond acceptors (Lipinski definition) is 2. The summed E-state index contributed by atoms with van der Waals surface area (Å²) in [5, 5.41) is 2.73. The van der Waals surface area contributed by atoms with Gasteiger partial charge in [-0.05, 0) is 38.5 Å². The van der Waals surface area contributed by atoms with E-state index in [-0.39, 0.29) is 5.91 Å². The zero-order valence-electron chi connectivity index (χ0n) is 16.3. The van der Waals surface area contributed by atoms with Crippen molar-refractivity contribution in [3.8, 4) is 0 Å². The van der Waals surface area contributed by atoms with E-state index < -0.39 is 0 Å². The van der Waals surface area contributed by atoms with Gasteiger partial charge in [-0.1, -0.05) is 79.8 Å². The molecule has 3 heteroatoms. The number of allylic oxidation sites excluding steroid dienone is 11. The van der Waals surface area contributed by atoms with Crippen molar-refractivity contribution in [1.29, 1.82) is 0 Å². The van der Waals surface area contributed by atoms with Gasteiger partial charge in [0.05, 0.1) is 0 Å². The van der Waals surface area contributed by atoms with Gasteiger partial charge in [0.15, 0.2) is 0 Å². The molecule has 0 aromatic rings. The molecule has 0 spiro atoms. The number of nitrogens with one attached hydrogen (secondary N) is 1. The molecule has 1 amide bonds. The molecule has 0 aliphatic carbocycles. The zero-order chi connectivity index (χ0) is 19.1. The summed E-state index contributed by atoms with van der Waals surface area (Å²) in [6, 6.07) is 0. The molecule has 3 N–H and O–H groups in total. The minimum atomic E-state index is 0.0236. The molecule has 0 aromatic carbocycles. The summed E-state index contributed by atoms with van der Waals surface area (Å²) < 4.78 is 0. The van der Waals surface area contributed by atoms with Crippen LogP contribution in [0, 0.1) is 0 Å². The van der Waals surface area contributed by atoms with Crippen LogP contribution in [0.3, 0.4) is 0 Å². The predicted molar refractivity (Wildman–Crippen MR) is 115 cm³/mol. The van der Waals surface area contributed by atoms with Crippen LogP contribution in [0.5, 0.6) is 0 Å². The van der Waals surface area contributed by atoms with Gasteiger partial charge in [-0.2, -0.15) is 0 Å². The van der Waals surface area contributed by atoms with Crippen molar-refractivity contribution in [1.82, 2.24) is 5.32 Å². The number of hydrogen-bond donors (Lipinski definition) is 2. The fourth-order valence-corrected chi connectivity index (χ4v) is 2.00. The van der Waals surface area contributed by atoms with Crippen molar-refractivity contribution in [2.75, 3.05) is 13.1 Å². The van der Waals surface area contributed by atoms with E-state index in [1.165, 1.54) is 0 Å². The quantitative estimate of drug-likeness (QED) is 0.399. The van der Waals surface area contributed by atoms with Crippen molar-refractivity contribution in [3.05, 3.63) is 72.9 Å². The van der Waals surface area contributed by atoms with Crippen LogP contribution in [-0.4, -0.2) is 19.0 Å². The van der Waals surface area contributed by atoms with Gasteiger partial charge in [-0.15, -0.1) is 0 Å². The van der Waals surface area contributed by atoms with Crippen molar-refractivity contribution >= 4 is 5.91 Å². The highest BCUT2D eigenvalue weighted by Crippen LogP contribution is 1.96. The Morgan fingerprint density at radius 3 is 1.46 bits per heavy atom. The molecule has 0 saturated heterocycles. The smallest absolute Gasteiger partial charge is 0.223 e. The molecule has 3 nitrogen and oxygen atoms in total. The highest BCUT2D eigenvalue weighted by Gasteiger charge is 1.93. The summed E-state index contributed by atoms with van der Waals surface area (Å²) >= 11 is 0. The fourth-order valence-electron chi connectivity index (χ4n) is 2.00. The maximum absolute atomic E-state index is 11.3. The van der Waals surface area contributed by atoms with Crippen molar-refractivity contribution < 1.29 is 4.79 Å². The minimum absolute atomic E-state index is 0.0236.